The number of rotatable bonds is 4. The number of nitro benzene ring substituents is 1. The molecule has 1 aromatic rings. The average molecular weight is 259 g/mol. The Bertz CT molecular complexity index is 450. The molecule has 0 unspecified atom stereocenters. The molecule has 0 heterocycles. The molecule has 0 aliphatic carbocycles. The first-order valence-electron chi connectivity index (χ1n) is 4.81. The molecule has 0 radical (unpaired) electrons. The molecular weight excluding hydrogens is 248 g/mol. The van der Waals surface area contributed by atoms with Crippen molar-refractivity contribution < 1.29 is 14.8 Å². The lowest BCUT2D eigenvalue weighted by Gasteiger charge is -2.10. The van der Waals surface area contributed by atoms with Crippen molar-refractivity contribution in [2.45, 2.75) is 13.0 Å². The molecule has 0 fully saturated rings. The Morgan fingerprint density at radius 1 is 1.65 bits per heavy atom. The molecule has 1 amide bonds. The second kappa shape index (κ2) is 5.60. The molecule has 1 rings (SSSR count). The highest BCUT2D eigenvalue weighted by molar-refractivity contribution is 6.31. The van der Waals surface area contributed by atoms with Crippen LogP contribution < -0.4 is 5.32 Å². The molecular formula is C10H11ClN2O4. The third-order valence-electron chi connectivity index (χ3n) is 2.05. The van der Waals surface area contributed by atoms with Crippen LogP contribution in [0.5, 0.6) is 0 Å². The van der Waals surface area contributed by atoms with Crippen LogP contribution in [0.2, 0.25) is 5.02 Å². The fourth-order valence-corrected chi connectivity index (χ4v) is 1.36. The number of nitrogens with zero attached hydrogens (tertiary/aromatic N) is 1. The number of amides is 1. The number of carbonyl (C=O) groups is 1. The van der Waals surface area contributed by atoms with Crippen LogP contribution >= 0.6 is 11.6 Å². The molecule has 0 aliphatic rings. The average Bonchev–Trinajstić information content (AvgIpc) is 2.28. The Hall–Kier alpha value is -1.66. The van der Waals surface area contributed by atoms with Crippen molar-refractivity contribution in [3.05, 3.63) is 38.9 Å². The summed E-state index contributed by atoms with van der Waals surface area (Å²) in [5.74, 6) is -0.616. The van der Waals surface area contributed by atoms with Crippen LogP contribution in [0, 0.1) is 10.1 Å². The molecule has 0 spiro atoms. The monoisotopic (exact) mass is 258 g/mol. The van der Waals surface area contributed by atoms with Crippen molar-refractivity contribution in [3.8, 4) is 0 Å². The van der Waals surface area contributed by atoms with Gasteiger partial charge in [-0.2, -0.15) is 0 Å². The third kappa shape index (κ3) is 3.40. The van der Waals surface area contributed by atoms with Crippen LogP contribution in [0.15, 0.2) is 18.2 Å². The summed E-state index contributed by atoms with van der Waals surface area (Å²) in [5, 5.41) is 22.1. The van der Waals surface area contributed by atoms with E-state index in [9.17, 15) is 14.9 Å². The first-order chi connectivity index (χ1) is 7.95. The maximum Gasteiger partial charge on any atom is 0.283 e. The van der Waals surface area contributed by atoms with Crippen molar-refractivity contribution in [3.63, 3.8) is 0 Å². The zero-order valence-electron chi connectivity index (χ0n) is 9.01. The van der Waals surface area contributed by atoms with Gasteiger partial charge in [0.05, 0.1) is 11.5 Å². The van der Waals surface area contributed by atoms with Crippen LogP contribution in [0.4, 0.5) is 5.69 Å². The number of halogens is 1. The maximum atomic E-state index is 11.7. The van der Waals surface area contributed by atoms with Gasteiger partial charge in [0.1, 0.15) is 5.56 Å². The van der Waals surface area contributed by atoms with E-state index in [0.717, 1.165) is 6.07 Å². The molecule has 1 atom stereocenters. The van der Waals surface area contributed by atoms with Crippen molar-refractivity contribution in [2.24, 2.45) is 0 Å². The lowest BCUT2D eigenvalue weighted by atomic mass is 10.1. The summed E-state index contributed by atoms with van der Waals surface area (Å²) in [4.78, 5) is 21.8. The summed E-state index contributed by atoms with van der Waals surface area (Å²) >= 11 is 5.62. The van der Waals surface area contributed by atoms with Gasteiger partial charge in [-0.15, -0.1) is 0 Å². The van der Waals surface area contributed by atoms with E-state index < -0.39 is 16.9 Å². The van der Waals surface area contributed by atoms with E-state index in [4.69, 9.17) is 16.7 Å². The Balaban J connectivity index is 3.04. The van der Waals surface area contributed by atoms with Crippen LogP contribution in [-0.2, 0) is 0 Å². The Morgan fingerprint density at radius 2 is 2.29 bits per heavy atom. The van der Waals surface area contributed by atoms with E-state index in [2.05, 4.69) is 5.32 Å². The van der Waals surface area contributed by atoms with Gasteiger partial charge >= 0.3 is 0 Å². The Labute approximate surface area is 102 Å². The number of benzene rings is 1. The van der Waals surface area contributed by atoms with Crippen molar-refractivity contribution in [1.82, 2.24) is 5.32 Å². The molecule has 1 aromatic carbocycles. The molecule has 92 valence electrons. The van der Waals surface area contributed by atoms with Crippen molar-refractivity contribution in [1.29, 1.82) is 0 Å². The molecule has 0 aliphatic heterocycles. The molecule has 0 saturated heterocycles. The normalized spacial score (nSPS) is 11.9. The largest absolute Gasteiger partial charge is 0.394 e. The van der Waals surface area contributed by atoms with Crippen LogP contribution in [-0.4, -0.2) is 28.6 Å². The number of carbonyl (C=O) groups excluding carboxylic acids is 1. The molecule has 6 nitrogen and oxygen atoms in total. The highest BCUT2D eigenvalue weighted by Gasteiger charge is 2.21. The minimum atomic E-state index is -0.676. The van der Waals surface area contributed by atoms with Crippen LogP contribution in [0.25, 0.3) is 0 Å². The van der Waals surface area contributed by atoms with Crippen molar-refractivity contribution in [2.75, 3.05) is 6.61 Å². The first-order valence-corrected chi connectivity index (χ1v) is 5.19. The highest BCUT2D eigenvalue weighted by atomic mass is 35.5. The van der Waals surface area contributed by atoms with Crippen molar-refractivity contribution >= 4 is 23.2 Å². The van der Waals surface area contributed by atoms with Gasteiger partial charge in [-0.25, -0.2) is 0 Å². The van der Waals surface area contributed by atoms with Crippen LogP contribution in [0.1, 0.15) is 17.3 Å². The number of hydrogen-bond donors (Lipinski definition) is 2. The fourth-order valence-electron chi connectivity index (χ4n) is 1.20. The number of nitrogens with one attached hydrogen (secondary N) is 1. The fraction of sp³-hybridized carbons (Fsp3) is 0.300. The number of aliphatic hydroxyl groups excluding tert-OH is 1. The second-order valence-corrected chi connectivity index (χ2v) is 3.91. The summed E-state index contributed by atoms with van der Waals surface area (Å²) in [6.07, 6.45) is 0. The van der Waals surface area contributed by atoms with E-state index in [1.807, 2.05) is 0 Å². The highest BCUT2D eigenvalue weighted by Crippen LogP contribution is 2.23. The molecule has 2 N–H and O–H groups in total. The van der Waals surface area contributed by atoms with Gasteiger partial charge in [0.15, 0.2) is 0 Å². The predicted octanol–water partition coefficient (Wildman–Crippen LogP) is 1.36. The quantitative estimate of drug-likeness (QED) is 0.630. The number of aliphatic hydroxyl groups is 1. The predicted molar refractivity (Wildman–Crippen MR) is 62.1 cm³/mol. The summed E-state index contributed by atoms with van der Waals surface area (Å²) in [6.45, 7) is 1.34. The summed E-state index contributed by atoms with van der Waals surface area (Å²) in [6, 6.07) is 3.31. The van der Waals surface area contributed by atoms with Gasteiger partial charge in [0, 0.05) is 17.1 Å². The molecule has 0 bridgehead atoms. The molecule has 0 saturated carbocycles. The minimum absolute atomic E-state index is 0.0836. The molecule has 17 heavy (non-hydrogen) atoms. The van der Waals surface area contributed by atoms with Gasteiger partial charge in [-0.1, -0.05) is 11.6 Å². The first kappa shape index (κ1) is 13.4. The standard InChI is InChI=1S/C10H11ClN2O4/c1-6(5-14)12-10(15)8-3-2-7(11)4-9(8)13(16)17/h2-4,6,14H,5H2,1H3,(H,12,15)/t6-/m0/s1. The zero-order valence-corrected chi connectivity index (χ0v) is 9.77. The maximum absolute atomic E-state index is 11.7. The summed E-state index contributed by atoms with van der Waals surface area (Å²) in [7, 11) is 0. The van der Waals surface area contributed by atoms with Gasteiger partial charge < -0.3 is 10.4 Å². The van der Waals surface area contributed by atoms with E-state index in [0.29, 0.717) is 0 Å². The summed E-state index contributed by atoms with van der Waals surface area (Å²) in [5.41, 5.74) is -0.445. The van der Waals surface area contributed by atoms with Gasteiger partial charge in [-0.3, -0.25) is 14.9 Å². The Kier molecular flexibility index (Phi) is 4.42. The van der Waals surface area contributed by atoms with Gasteiger partial charge in [-0.05, 0) is 19.1 Å². The molecule has 7 heteroatoms. The van der Waals surface area contributed by atoms with Crippen LogP contribution in [0.3, 0.4) is 0 Å². The second-order valence-electron chi connectivity index (χ2n) is 3.48. The third-order valence-corrected chi connectivity index (χ3v) is 2.29. The number of hydrogen-bond acceptors (Lipinski definition) is 4. The topological polar surface area (TPSA) is 92.5 Å². The lowest BCUT2D eigenvalue weighted by molar-refractivity contribution is -0.385. The molecule has 0 aromatic heterocycles. The van der Waals surface area contributed by atoms with E-state index in [1.165, 1.54) is 12.1 Å². The van der Waals surface area contributed by atoms with E-state index in [1.54, 1.807) is 6.92 Å². The smallest absolute Gasteiger partial charge is 0.283 e. The van der Waals surface area contributed by atoms with E-state index in [-0.39, 0.29) is 22.9 Å². The minimum Gasteiger partial charge on any atom is -0.394 e. The SMILES string of the molecule is C[C@@H](CO)NC(=O)c1ccc(Cl)cc1[N+](=O)[O-]. The van der Waals surface area contributed by atoms with E-state index >= 15 is 0 Å². The Morgan fingerprint density at radius 3 is 2.82 bits per heavy atom. The lowest BCUT2D eigenvalue weighted by Crippen LogP contribution is -2.35. The van der Waals surface area contributed by atoms with Gasteiger partial charge in [0.2, 0.25) is 0 Å². The van der Waals surface area contributed by atoms with Gasteiger partial charge in [0.25, 0.3) is 11.6 Å². The zero-order chi connectivity index (χ0) is 13.0. The number of nitro groups is 1. The summed E-state index contributed by atoms with van der Waals surface area (Å²) < 4.78 is 0.